The fourth-order valence-electron chi connectivity index (χ4n) is 2.13. The van der Waals surface area contributed by atoms with E-state index in [1.807, 2.05) is 48.5 Å². The lowest BCUT2D eigenvalue weighted by Gasteiger charge is -2.09. The Kier molecular flexibility index (Phi) is 6.03. The Hall–Kier alpha value is -2.49. The molecule has 0 radical (unpaired) electrons. The molecule has 1 N–H and O–H groups in total. The zero-order chi connectivity index (χ0) is 16.7. The van der Waals surface area contributed by atoms with E-state index in [9.17, 15) is 4.79 Å². The summed E-state index contributed by atoms with van der Waals surface area (Å²) in [6.07, 6.45) is 0. The summed E-state index contributed by atoms with van der Waals surface area (Å²) in [5, 5.41) is 2.85. The minimum Gasteiger partial charge on any atom is -0.497 e. The molecule has 0 spiro atoms. The van der Waals surface area contributed by atoms with Crippen molar-refractivity contribution in [2.45, 2.75) is 19.8 Å². The normalized spacial score (nSPS) is 10.4. The Balaban J connectivity index is 1.75. The minimum atomic E-state index is -0.0846. The van der Waals surface area contributed by atoms with Crippen LogP contribution in [0.25, 0.3) is 0 Å². The number of rotatable bonds is 7. The molecule has 0 heterocycles. The maximum absolute atomic E-state index is 12.0. The number of amides is 1. The molecule has 0 saturated carbocycles. The first kappa shape index (κ1) is 16.9. The summed E-state index contributed by atoms with van der Waals surface area (Å²) in [7, 11) is 1.62. The fourth-order valence-corrected chi connectivity index (χ4v) is 2.13. The van der Waals surface area contributed by atoms with Crippen molar-refractivity contribution in [1.29, 1.82) is 0 Å². The molecule has 0 fully saturated rings. The van der Waals surface area contributed by atoms with E-state index in [1.54, 1.807) is 7.11 Å². The van der Waals surface area contributed by atoms with Crippen LogP contribution in [0.15, 0.2) is 48.5 Å². The van der Waals surface area contributed by atoms with Crippen LogP contribution in [0, 0.1) is 0 Å². The summed E-state index contributed by atoms with van der Waals surface area (Å²) in [5.74, 6) is 1.92. The summed E-state index contributed by atoms with van der Waals surface area (Å²) in [6, 6.07) is 15.1. The maximum Gasteiger partial charge on any atom is 0.251 e. The van der Waals surface area contributed by atoms with E-state index in [1.165, 1.54) is 5.56 Å². The van der Waals surface area contributed by atoms with E-state index in [0.29, 0.717) is 24.6 Å². The highest BCUT2D eigenvalue weighted by atomic mass is 16.5. The van der Waals surface area contributed by atoms with Crippen LogP contribution in [0.4, 0.5) is 0 Å². The Labute approximate surface area is 137 Å². The summed E-state index contributed by atoms with van der Waals surface area (Å²) in [5.41, 5.74) is 1.89. The second kappa shape index (κ2) is 8.22. The number of nitrogens with one attached hydrogen (secondary N) is 1. The molecule has 4 nitrogen and oxygen atoms in total. The third-order valence-corrected chi connectivity index (χ3v) is 3.56. The highest BCUT2D eigenvalue weighted by Gasteiger charge is 2.06. The Morgan fingerprint density at radius 1 is 1.00 bits per heavy atom. The van der Waals surface area contributed by atoms with Gasteiger partial charge in [-0.3, -0.25) is 4.79 Å². The maximum atomic E-state index is 12.0. The van der Waals surface area contributed by atoms with Crippen molar-refractivity contribution in [3.05, 3.63) is 59.7 Å². The van der Waals surface area contributed by atoms with Gasteiger partial charge in [0.1, 0.15) is 18.1 Å². The van der Waals surface area contributed by atoms with Gasteiger partial charge in [0.15, 0.2) is 0 Å². The van der Waals surface area contributed by atoms with Gasteiger partial charge in [-0.25, -0.2) is 0 Å². The topological polar surface area (TPSA) is 47.6 Å². The zero-order valence-corrected chi connectivity index (χ0v) is 13.8. The molecule has 2 rings (SSSR count). The number of methoxy groups -OCH3 is 1. The third-order valence-electron chi connectivity index (χ3n) is 3.56. The molecular formula is C19H23NO3. The summed E-state index contributed by atoms with van der Waals surface area (Å²) >= 11 is 0. The second-order valence-electron chi connectivity index (χ2n) is 5.56. The van der Waals surface area contributed by atoms with Gasteiger partial charge in [-0.2, -0.15) is 0 Å². The summed E-state index contributed by atoms with van der Waals surface area (Å²) < 4.78 is 10.7. The van der Waals surface area contributed by atoms with Crippen molar-refractivity contribution < 1.29 is 14.3 Å². The lowest BCUT2D eigenvalue weighted by atomic mass is 10.0. The van der Waals surface area contributed by atoms with E-state index in [0.717, 1.165) is 11.5 Å². The first-order valence-corrected chi connectivity index (χ1v) is 7.75. The molecule has 1 amide bonds. The average Bonchev–Trinajstić information content (AvgIpc) is 2.59. The second-order valence-corrected chi connectivity index (χ2v) is 5.56. The zero-order valence-electron chi connectivity index (χ0n) is 13.8. The van der Waals surface area contributed by atoms with Crippen molar-refractivity contribution in [2.24, 2.45) is 0 Å². The van der Waals surface area contributed by atoms with Gasteiger partial charge in [-0.05, 0) is 47.9 Å². The molecule has 0 aliphatic heterocycles. The number of carbonyl (C=O) groups excluding carboxylic acids is 1. The largest absolute Gasteiger partial charge is 0.497 e. The highest BCUT2D eigenvalue weighted by molar-refractivity contribution is 5.94. The van der Waals surface area contributed by atoms with Crippen LogP contribution in [0.5, 0.6) is 11.5 Å². The van der Waals surface area contributed by atoms with Gasteiger partial charge in [-0.1, -0.05) is 26.0 Å². The van der Waals surface area contributed by atoms with E-state index < -0.39 is 0 Å². The van der Waals surface area contributed by atoms with Crippen LogP contribution in [0.1, 0.15) is 35.7 Å². The first-order valence-electron chi connectivity index (χ1n) is 7.75. The Morgan fingerprint density at radius 2 is 1.61 bits per heavy atom. The highest BCUT2D eigenvalue weighted by Crippen LogP contribution is 2.17. The molecule has 0 atom stereocenters. The number of ether oxygens (including phenoxy) is 2. The summed E-state index contributed by atoms with van der Waals surface area (Å²) in [6.45, 7) is 5.14. The molecule has 0 unspecified atom stereocenters. The minimum absolute atomic E-state index is 0.0846. The van der Waals surface area contributed by atoms with Crippen molar-refractivity contribution in [1.82, 2.24) is 5.32 Å². The van der Waals surface area contributed by atoms with Gasteiger partial charge >= 0.3 is 0 Å². The molecule has 0 saturated heterocycles. The first-order chi connectivity index (χ1) is 11.1. The van der Waals surface area contributed by atoms with Crippen molar-refractivity contribution in [3.8, 4) is 11.5 Å². The molecule has 23 heavy (non-hydrogen) atoms. The van der Waals surface area contributed by atoms with Crippen molar-refractivity contribution in [2.75, 3.05) is 20.3 Å². The fraction of sp³-hybridized carbons (Fsp3) is 0.316. The Morgan fingerprint density at radius 3 is 2.17 bits per heavy atom. The molecule has 0 aromatic heterocycles. The lowest BCUT2D eigenvalue weighted by Crippen LogP contribution is -2.28. The van der Waals surface area contributed by atoms with Crippen LogP contribution >= 0.6 is 0 Å². The van der Waals surface area contributed by atoms with Gasteiger partial charge < -0.3 is 14.8 Å². The van der Waals surface area contributed by atoms with Gasteiger partial charge in [0, 0.05) is 5.56 Å². The van der Waals surface area contributed by atoms with Gasteiger partial charge in [-0.15, -0.1) is 0 Å². The van der Waals surface area contributed by atoms with Gasteiger partial charge in [0.2, 0.25) is 0 Å². The van der Waals surface area contributed by atoms with Gasteiger partial charge in [0.25, 0.3) is 5.91 Å². The number of carbonyl (C=O) groups is 1. The number of benzene rings is 2. The molecule has 2 aromatic carbocycles. The van der Waals surface area contributed by atoms with E-state index in [2.05, 4.69) is 19.2 Å². The van der Waals surface area contributed by atoms with Crippen LogP contribution in [0.2, 0.25) is 0 Å². The lowest BCUT2D eigenvalue weighted by molar-refractivity contribution is 0.0947. The molecule has 0 aliphatic rings. The third kappa shape index (κ3) is 5.02. The SMILES string of the molecule is COc1ccc(OCCNC(=O)c2ccc(C(C)C)cc2)cc1. The van der Waals surface area contributed by atoms with Crippen molar-refractivity contribution in [3.63, 3.8) is 0 Å². The predicted octanol–water partition coefficient (Wildman–Crippen LogP) is 3.63. The summed E-state index contributed by atoms with van der Waals surface area (Å²) in [4.78, 5) is 12.0. The molecule has 4 heteroatoms. The van der Waals surface area contributed by atoms with E-state index >= 15 is 0 Å². The average molecular weight is 313 g/mol. The van der Waals surface area contributed by atoms with Gasteiger partial charge in [0.05, 0.1) is 13.7 Å². The Bertz CT molecular complexity index is 618. The van der Waals surface area contributed by atoms with Crippen molar-refractivity contribution >= 4 is 5.91 Å². The molecule has 122 valence electrons. The molecular weight excluding hydrogens is 290 g/mol. The quantitative estimate of drug-likeness (QED) is 0.794. The van der Waals surface area contributed by atoms with Crippen LogP contribution in [-0.2, 0) is 0 Å². The number of hydrogen-bond acceptors (Lipinski definition) is 3. The standard InChI is InChI=1S/C19H23NO3/c1-14(2)15-4-6-16(7-5-15)19(21)20-12-13-23-18-10-8-17(22-3)9-11-18/h4-11,14H,12-13H2,1-3H3,(H,20,21). The molecule has 0 bridgehead atoms. The van der Waals surface area contributed by atoms with Crippen LogP contribution in [-0.4, -0.2) is 26.2 Å². The molecule has 0 aliphatic carbocycles. The monoisotopic (exact) mass is 313 g/mol. The predicted molar refractivity (Wildman–Crippen MR) is 91.4 cm³/mol. The number of hydrogen-bond donors (Lipinski definition) is 1. The smallest absolute Gasteiger partial charge is 0.251 e. The molecule has 2 aromatic rings. The van der Waals surface area contributed by atoms with E-state index in [4.69, 9.17) is 9.47 Å². The van der Waals surface area contributed by atoms with E-state index in [-0.39, 0.29) is 5.91 Å². The van der Waals surface area contributed by atoms with Crippen LogP contribution < -0.4 is 14.8 Å². The van der Waals surface area contributed by atoms with Crippen LogP contribution in [0.3, 0.4) is 0 Å².